The number of rotatable bonds is 4. The molecule has 2 rings (SSSR count). The molecule has 1 unspecified atom stereocenters. The highest BCUT2D eigenvalue weighted by Crippen LogP contribution is 2.16. The minimum Gasteiger partial charge on any atom is -0.395 e. The minimum atomic E-state index is -0.00697. The zero-order valence-corrected chi connectivity index (χ0v) is 10.1. The van der Waals surface area contributed by atoms with Gasteiger partial charge in [-0.05, 0) is 5.56 Å². The lowest BCUT2D eigenvalue weighted by Gasteiger charge is -2.37. The average molecular weight is 235 g/mol. The standard InChI is InChI=1S/C13H21N3O/c14-13(12-4-2-1-3-5-12)16-8-6-15(7-9-16)10-11-17/h1-5,13,17H,6-11,14H2. The highest BCUT2D eigenvalue weighted by atomic mass is 16.3. The van der Waals surface area contributed by atoms with Crippen LogP contribution in [0, 0.1) is 0 Å². The van der Waals surface area contributed by atoms with Crippen molar-refractivity contribution in [2.24, 2.45) is 5.73 Å². The number of aliphatic hydroxyl groups is 1. The van der Waals surface area contributed by atoms with E-state index in [0.717, 1.165) is 32.7 Å². The molecule has 0 saturated carbocycles. The van der Waals surface area contributed by atoms with Gasteiger partial charge in [-0.1, -0.05) is 30.3 Å². The molecule has 1 fully saturated rings. The molecule has 0 aromatic heterocycles. The molecule has 1 aliphatic heterocycles. The molecule has 3 N–H and O–H groups in total. The SMILES string of the molecule is NC(c1ccccc1)N1CCN(CCO)CC1. The lowest BCUT2D eigenvalue weighted by atomic mass is 10.1. The van der Waals surface area contributed by atoms with Crippen molar-refractivity contribution in [1.29, 1.82) is 0 Å². The summed E-state index contributed by atoms with van der Waals surface area (Å²) in [5.41, 5.74) is 7.42. The second-order valence-corrected chi connectivity index (χ2v) is 4.46. The van der Waals surface area contributed by atoms with Crippen LogP contribution in [0.1, 0.15) is 11.7 Å². The van der Waals surface area contributed by atoms with Crippen molar-refractivity contribution in [2.45, 2.75) is 6.17 Å². The monoisotopic (exact) mass is 235 g/mol. The maximum Gasteiger partial charge on any atom is 0.0836 e. The molecular weight excluding hydrogens is 214 g/mol. The van der Waals surface area contributed by atoms with Gasteiger partial charge in [0.05, 0.1) is 12.8 Å². The van der Waals surface area contributed by atoms with Crippen LogP contribution in [0.25, 0.3) is 0 Å². The first-order valence-electron chi connectivity index (χ1n) is 6.19. The zero-order valence-electron chi connectivity index (χ0n) is 10.1. The molecule has 1 aromatic rings. The van der Waals surface area contributed by atoms with Crippen LogP contribution in [0.3, 0.4) is 0 Å². The van der Waals surface area contributed by atoms with Crippen LogP contribution in [0.2, 0.25) is 0 Å². The highest BCUT2D eigenvalue weighted by molar-refractivity contribution is 5.18. The molecule has 0 spiro atoms. The van der Waals surface area contributed by atoms with Gasteiger partial charge in [0.2, 0.25) is 0 Å². The molecule has 94 valence electrons. The summed E-state index contributed by atoms with van der Waals surface area (Å²) in [6.07, 6.45) is -0.00697. The first-order chi connectivity index (χ1) is 8.31. The van der Waals surface area contributed by atoms with Crippen LogP contribution in [0.15, 0.2) is 30.3 Å². The summed E-state index contributed by atoms with van der Waals surface area (Å²) < 4.78 is 0. The smallest absolute Gasteiger partial charge is 0.0836 e. The van der Waals surface area contributed by atoms with Crippen molar-refractivity contribution < 1.29 is 5.11 Å². The molecule has 1 saturated heterocycles. The average Bonchev–Trinajstić information content (AvgIpc) is 2.40. The van der Waals surface area contributed by atoms with Gasteiger partial charge in [0.15, 0.2) is 0 Å². The Labute approximate surface area is 103 Å². The van der Waals surface area contributed by atoms with Gasteiger partial charge in [-0.2, -0.15) is 0 Å². The molecule has 1 aliphatic rings. The number of aliphatic hydroxyl groups excluding tert-OH is 1. The van der Waals surface area contributed by atoms with Gasteiger partial charge in [-0.25, -0.2) is 0 Å². The summed E-state index contributed by atoms with van der Waals surface area (Å²) in [7, 11) is 0. The number of hydrogen-bond acceptors (Lipinski definition) is 4. The third-order valence-electron chi connectivity index (χ3n) is 3.36. The Balaban J connectivity index is 1.88. The molecule has 0 bridgehead atoms. The topological polar surface area (TPSA) is 52.7 Å². The van der Waals surface area contributed by atoms with E-state index in [1.807, 2.05) is 18.2 Å². The first-order valence-corrected chi connectivity index (χ1v) is 6.19. The third-order valence-corrected chi connectivity index (χ3v) is 3.36. The Hall–Kier alpha value is -0.940. The lowest BCUT2D eigenvalue weighted by Crippen LogP contribution is -2.50. The van der Waals surface area contributed by atoms with Gasteiger partial charge in [0, 0.05) is 32.7 Å². The van der Waals surface area contributed by atoms with E-state index in [4.69, 9.17) is 10.8 Å². The van der Waals surface area contributed by atoms with E-state index in [0.29, 0.717) is 0 Å². The van der Waals surface area contributed by atoms with Gasteiger partial charge in [-0.15, -0.1) is 0 Å². The van der Waals surface area contributed by atoms with Crippen molar-refractivity contribution in [1.82, 2.24) is 9.80 Å². The van der Waals surface area contributed by atoms with Crippen LogP contribution in [-0.2, 0) is 0 Å². The second-order valence-electron chi connectivity index (χ2n) is 4.46. The summed E-state index contributed by atoms with van der Waals surface area (Å²) in [6, 6.07) is 10.2. The summed E-state index contributed by atoms with van der Waals surface area (Å²) in [4.78, 5) is 4.57. The fraction of sp³-hybridized carbons (Fsp3) is 0.538. The summed E-state index contributed by atoms with van der Waals surface area (Å²) in [6.45, 7) is 4.92. The van der Waals surface area contributed by atoms with E-state index in [1.165, 1.54) is 5.56 Å². The van der Waals surface area contributed by atoms with Crippen LogP contribution in [0.4, 0.5) is 0 Å². The predicted molar refractivity (Wildman–Crippen MR) is 68.5 cm³/mol. The summed E-state index contributed by atoms with van der Waals surface area (Å²) in [5, 5.41) is 8.89. The molecule has 4 heteroatoms. The first kappa shape index (κ1) is 12.5. The van der Waals surface area contributed by atoms with E-state index >= 15 is 0 Å². The number of benzene rings is 1. The van der Waals surface area contributed by atoms with Crippen molar-refractivity contribution in [3.8, 4) is 0 Å². The minimum absolute atomic E-state index is 0.00697. The number of piperazine rings is 1. The van der Waals surface area contributed by atoms with Crippen molar-refractivity contribution in [3.05, 3.63) is 35.9 Å². The van der Waals surface area contributed by atoms with E-state index in [1.54, 1.807) is 0 Å². The Morgan fingerprint density at radius 2 is 1.76 bits per heavy atom. The maximum absolute atomic E-state index is 8.89. The van der Waals surface area contributed by atoms with E-state index in [9.17, 15) is 0 Å². The molecule has 4 nitrogen and oxygen atoms in total. The molecular formula is C13H21N3O. The Morgan fingerprint density at radius 3 is 2.35 bits per heavy atom. The normalized spacial score (nSPS) is 20.4. The number of nitrogens with zero attached hydrogens (tertiary/aromatic N) is 2. The number of β-amino-alcohol motifs (C(OH)–C–C–N with tert-alkyl or cyclic N) is 1. The fourth-order valence-electron chi connectivity index (χ4n) is 2.27. The van der Waals surface area contributed by atoms with Gasteiger partial charge < -0.3 is 10.8 Å². The third kappa shape index (κ3) is 3.26. The van der Waals surface area contributed by atoms with Crippen molar-refractivity contribution in [2.75, 3.05) is 39.3 Å². The van der Waals surface area contributed by atoms with E-state index in [2.05, 4.69) is 21.9 Å². The van der Waals surface area contributed by atoms with Crippen molar-refractivity contribution >= 4 is 0 Å². The van der Waals surface area contributed by atoms with Gasteiger partial charge in [-0.3, -0.25) is 9.80 Å². The van der Waals surface area contributed by atoms with Gasteiger partial charge >= 0.3 is 0 Å². The van der Waals surface area contributed by atoms with Gasteiger partial charge in [0.1, 0.15) is 0 Å². The highest BCUT2D eigenvalue weighted by Gasteiger charge is 2.21. The lowest BCUT2D eigenvalue weighted by molar-refractivity contribution is 0.0852. The Kier molecular flexibility index (Phi) is 4.50. The Bertz CT molecular complexity index is 323. The van der Waals surface area contributed by atoms with Crippen LogP contribution < -0.4 is 5.73 Å². The van der Waals surface area contributed by atoms with Crippen LogP contribution in [-0.4, -0.2) is 54.2 Å². The molecule has 1 heterocycles. The molecule has 1 aromatic carbocycles. The molecule has 0 amide bonds. The maximum atomic E-state index is 8.89. The van der Waals surface area contributed by atoms with Gasteiger partial charge in [0.25, 0.3) is 0 Å². The zero-order chi connectivity index (χ0) is 12.1. The van der Waals surface area contributed by atoms with E-state index in [-0.39, 0.29) is 12.8 Å². The predicted octanol–water partition coefficient (Wildman–Crippen LogP) is 0.254. The largest absolute Gasteiger partial charge is 0.395 e. The van der Waals surface area contributed by atoms with E-state index < -0.39 is 0 Å². The Morgan fingerprint density at radius 1 is 1.12 bits per heavy atom. The number of nitrogens with two attached hydrogens (primary N) is 1. The fourth-order valence-corrected chi connectivity index (χ4v) is 2.27. The summed E-state index contributed by atoms with van der Waals surface area (Å²) in [5.74, 6) is 0. The number of hydrogen-bond donors (Lipinski definition) is 2. The summed E-state index contributed by atoms with van der Waals surface area (Å²) >= 11 is 0. The quantitative estimate of drug-likeness (QED) is 0.786. The molecule has 1 atom stereocenters. The van der Waals surface area contributed by atoms with Crippen LogP contribution >= 0.6 is 0 Å². The van der Waals surface area contributed by atoms with Crippen molar-refractivity contribution in [3.63, 3.8) is 0 Å². The molecule has 0 aliphatic carbocycles. The molecule has 17 heavy (non-hydrogen) atoms. The second kappa shape index (κ2) is 6.12. The molecule has 0 radical (unpaired) electrons. The van der Waals surface area contributed by atoms with Crippen LogP contribution in [0.5, 0.6) is 0 Å².